The van der Waals surface area contributed by atoms with Crippen molar-refractivity contribution in [3.05, 3.63) is 47.2 Å². The molecule has 0 aliphatic carbocycles. The van der Waals surface area contributed by atoms with Crippen molar-refractivity contribution in [2.24, 2.45) is 0 Å². The van der Waals surface area contributed by atoms with Gasteiger partial charge >= 0.3 is 0 Å². The van der Waals surface area contributed by atoms with E-state index in [0.29, 0.717) is 16.3 Å². The lowest BCUT2D eigenvalue weighted by atomic mass is 10.1. The molecule has 2 amide bonds. The van der Waals surface area contributed by atoms with Gasteiger partial charge in [0.15, 0.2) is 0 Å². The van der Waals surface area contributed by atoms with Gasteiger partial charge < -0.3 is 5.32 Å². The fourth-order valence-electron chi connectivity index (χ4n) is 2.34. The number of benzene rings is 1. The zero-order valence-corrected chi connectivity index (χ0v) is 17.1. The van der Waals surface area contributed by atoms with E-state index < -0.39 is 15.9 Å². The molecule has 146 valence electrons. The molecule has 1 aromatic heterocycles. The van der Waals surface area contributed by atoms with Gasteiger partial charge in [-0.05, 0) is 49.7 Å². The van der Waals surface area contributed by atoms with Gasteiger partial charge in [-0.25, -0.2) is 18.1 Å². The van der Waals surface area contributed by atoms with Crippen molar-refractivity contribution < 1.29 is 18.0 Å². The zero-order chi connectivity index (χ0) is 20.9. The van der Waals surface area contributed by atoms with Crippen LogP contribution in [-0.2, 0) is 19.6 Å². The van der Waals surface area contributed by atoms with Crippen LogP contribution in [0.4, 0.5) is 5.69 Å². The fourth-order valence-corrected chi connectivity index (χ4v) is 4.23. The normalized spacial score (nSPS) is 10.8. The van der Waals surface area contributed by atoms with E-state index in [4.69, 9.17) is 0 Å². The third-order valence-corrected chi connectivity index (χ3v) is 5.91. The summed E-state index contributed by atoms with van der Waals surface area (Å²) < 4.78 is 25.7. The zero-order valence-electron chi connectivity index (χ0n) is 15.4. The summed E-state index contributed by atoms with van der Waals surface area (Å²) in [4.78, 5) is 27.3. The molecule has 10 heteroatoms. The second-order valence-corrected chi connectivity index (χ2v) is 8.54. The van der Waals surface area contributed by atoms with E-state index in [1.54, 1.807) is 6.07 Å². The quantitative estimate of drug-likeness (QED) is 0.687. The van der Waals surface area contributed by atoms with E-state index in [9.17, 15) is 23.3 Å². The molecule has 0 aliphatic heterocycles. The minimum Gasteiger partial charge on any atom is -0.325 e. The Labute approximate surface area is 167 Å². The summed E-state index contributed by atoms with van der Waals surface area (Å²) >= 11 is 1.15. The largest absolute Gasteiger partial charge is 0.325 e. The smallest absolute Gasteiger partial charge is 0.264 e. The van der Waals surface area contributed by atoms with Crippen LogP contribution >= 0.6 is 11.8 Å². The van der Waals surface area contributed by atoms with Crippen LogP contribution in [0.2, 0.25) is 0 Å². The Hall–Kier alpha value is -2.90. The number of rotatable bonds is 6. The van der Waals surface area contributed by atoms with Gasteiger partial charge in [-0.15, -0.1) is 0 Å². The lowest BCUT2D eigenvalue weighted by Crippen LogP contribution is -2.28. The highest BCUT2D eigenvalue weighted by atomic mass is 32.2. The van der Waals surface area contributed by atoms with E-state index in [-0.39, 0.29) is 16.6 Å². The number of sulfonamides is 1. The second-order valence-electron chi connectivity index (χ2n) is 5.90. The number of carbonyl (C=O) groups excluding carboxylic acids is 2. The molecule has 1 heterocycles. The lowest BCUT2D eigenvalue weighted by molar-refractivity contribution is -0.117. The molecular weight excluding hydrogens is 400 g/mol. The summed E-state index contributed by atoms with van der Waals surface area (Å²) in [5.41, 5.74) is 2.40. The molecule has 8 nitrogen and oxygen atoms in total. The molecule has 0 saturated carbocycles. The van der Waals surface area contributed by atoms with Gasteiger partial charge in [0.2, 0.25) is 11.8 Å². The van der Waals surface area contributed by atoms with Crippen LogP contribution in [0.5, 0.6) is 0 Å². The summed E-state index contributed by atoms with van der Waals surface area (Å²) in [6.45, 7) is 4.73. The van der Waals surface area contributed by atoms with Gasteiger partial charge in [-0.2, -0.15) is 5.26 Å². The van der Waals surface area contributed by atoms with Crippen LogP contribution in [0.1, 0.15) is 23.7 Å². The minimum absolute atomic E-state index is 0.0382. The molecular formula is C18H18N4O4S2. The van der Waals surface area contributed by atoms with E-state index in [1.165, 1.54) is 24.3 Å². The Morgan fingerprint density at radius 3 is 2.43 bits per heavy atom. The van der Waals surface area contributed by atoms with Crippen molar-refractivity contribution in [1.82, 2.24) is 9.71 Å². The van der Waals surface area contributed by atoms with Crippen LogP contribution in [-0.4, -0.2) is 31.0 Å². The van der Waals surface area contributed by atoms with E-state index in [1.807, 2.05) is 18.6 Å². The summed E-state index contributed by atoms with van der Waals surface area (Å²) in [5.74, 6) is -0.977. The number of anilines is 1. The molecule has 2 N–H and O–H groups in total. The Balaban J connectivity index is 2.03. The molecule has 2 rings (SSSR count). The van der Waals surface area contributed by atoms with E-state index in [2.05, 4.69) is 16.4 Å². The van der Waals surface area contributed by atoms with Gasteiger partial charge in [0.05, 0.1) is 16.2 Å². The van der Waals surface area contributed by atoms with Gasteiger partial charge in [0.25, 0.3) is 10.0 Å². The molecule has 0 atom stereocenters. The summed E-state index contributed by atoms with van der Waals surface area (Å²) in [6.07, 6.45) is 0. The van der Waals surface area contributed by atoms with Crippen molar-refractivity contribution in [3.63, 3.8) is 0 Å². The number of aryl methyl sites for hydroxylation is 2. The fraction of sp³-hybridized carbons (Fsp3) is 0.222. The number of nitrogens with one attached hydrogen (secondary N) is 2. The maximum Gasteiger partial charge on any atom is 0.264 e. The average molecular weight is 419 g/mol. The van der Waals surface area contributed by atoms with Crippen LogP contribution in [0, 0.1) is 25.2 Å². The Kier molecular flexibility index (Phi) is 6.77. The molecule has 0 fully saturated rings. The predicted octanol–water partition coefficient (Wildman–Crippen LogP) is 2.13. The Bertz CT molecular complexity index is 1060. The van der Waals surface area contributed by atoms with Crippen LogP contribution < -0.4 is 10.0 Å². The third kappa shape index (κ3) is 5.55. The van der Waals surface area contributed by atoms with Crippen molar-refractivity contribution >= 4 is 39.3 Å². The molecule has 0 spiro atoms. The van der Waals surface area contributed by atoms with Crippen LogP contribution in [0.3, 0.4) is 0 Å². The molecule has 0 bridgehead atoms. The first-order valence-corrected chi connectivity index (χ1v) is 10.5. The second kappa shape index (κ2) is 8.86. The van der Waals surface area contributed by atoms with Crippen molar-refractivity contribution in [1.29, 1.82) is 5.26 Å². The molecule has 28 heavy (non-hydrogen) atoms. The maximum atomic E-state index is 12.2. The topological polar surface area (TPSA) is 129 Å². The molecule has 0 radical (unpaired) electrons. The monoisotopic (exact) mass is 418 g/mol. The number of hydrogen-bond acceptors (Lipinski definition) is 7. The Morgan fingerprint density at radius 2 is 1.86 bits per heavy atom. The number of nitriles is 1. The molecule has 0 aliphatic rings. The van der Waals surface area contributed by atoms with Crippen LogP contribution in [0.15, 0.2) is 40.3 Å². The molecule has 0 saturated heterocycles. The SMILES string of the molecule is CC(=O)NS(=O)(=O)c1ccc(NC(=O)CSc2nc(C)cc(C)c2C#N)cc1. The van der Waals surface area contributed by atoms with Gasteiger partial charge in [-0.3, -0.25) is 9.59 Å². The summed E-state index contributed by atoms with van der Waals surface area (Å²) in [7, 11) is -3.92. The van der Waals surface area contributed by atoms with Crippen molar-refractivity contribution in [2.45, 2.75) is 30.7 Å². The Morgan fingerprint density at radius 1 is 1.21 bits per heavy atom. The van der Waals surface area contributed by atoms with Gasteiger partial charge in [-0.1, -0.05) is 11.8 Å². The highest BCUT2D eigenvalue weighted by Crippen LogP contribution is 2.24. The number of hydrogen-bond donors (Lipinski definition) is 2. The standard InChI is InChI=1S/C18H18N4O4S2/c1-11-8-12(2)20-18(16(11)9-19)27-10-17(24)21-14-4-6-15(7-5-14)28(25,26)22-13(3)23/h4-8H,10H2,1-3H3,(H,21,24)(H,22,23). The number of pyridine rings is 1. The van der Waals surface area contributed by atoms with Gasteiger partial charge in [0.1, 0.15) is 11.1 Å². The summed E-state index contributed by atoms with van der Waals surface area (Å²) in [5, 5.41) is 12.4. The number of aromatic nitrogens is 1. The third-order valence-electron chi connectivity index (χ3n) is 3.49. The lowest BCUT2D eigenvalue weighted by Gasteiger charge is -2.09. The molecule has 2 aromatic rings. The predicted molar refractivity (Wildman–Crippen MR) is 105 cm³/mol. The van der Waals surface area contributed by atoms with E-state index in [0.717, 1.165) is 29.9 Å². The summed E-state index contributed by atoms with van der Waals surface area (Å²) in [6, 6.07) is 9.32. The first-order chi connectivity index (χ1) is 13.1. The van der Waals surface area contributed by atoms with Crippen molar-refractivity contribution in [3.8, 4) is 6.07 Å². The number of thioether (sulfide) groups is 1. The number of amides is 2. The molecule has 1 aromatic carbocycles. The average Bonchev–Trinajstić information content (AvgIpc) is 2.59. The first kappa shape index (κ1) is 21.4. The van der Waals surface area contributed by atoms with Crippen LogP contribution in [0.25, 0.3) is 0 Å². The number of carbonyl (C=O) groups is 2. The number of nitrogens with zero attached hydrogens (tertiary/aromatic N) is 2. The minimum atomic E-state index is -3.92. The first-order valence-electron chi connectivity index (χ1n) is 8.07. The highest BCUT2D eigenvalue weighted by molar-refractivity contribution is 8.00. The van der Waals surface area contributed by atoms with Crippen molar-refractivity contribution in [2.75, 3.05) is 11.1 Å². The maximum absolute atomic E-state index is 12.2. The van der Waals surface area contributed by atoms with E-state index >= 15 is 0 Å². The van der Waals surface area contributed by atoms with Gasteiger partial charge in [0, 0.05) is 18.3 Å². The molecule has 0 unspecified atom stereocenters. The highest BCUT2D eigenvalue weighted by Gasteiger charge is 2.16.